The van der Waals surface area contributed by atoms with E-state index in [2.05, 4.69) is 30.5 Å². The zero-order valence-electron chi connectivity index (χ0n) is 17.1. The van der Waals surface area contributed by atoms with Gasteiger partial charge in [0.25, 0.3) is 5.91 Å². The second-order valence-electron chi connectivity index (χ2n) is 7.42. The summed E-state index contributed by atoms with van der Waals surface area (Å²) in [6.45, 7) is 4.64. The van der Waals surface area contributed by atoms with Crippen LogP contribution in [0.5, 0.6) is 0 Å². The molecular formula is C23H27N3O3. The van der Waals surface area contributed by atoms with Crippen LogP contribution in [0.3, 0.4) is 0 Å². The Labute approximate surface area is 171 Å². The molecule has 1 fully saturated rings. The van der Waals surface area contributed by atoms with E-state index in [9.17, 15) is 14.4 Å². The Morgan fingerprint density at radius 1 is 1.14 bits per heavy atom. The maximum absolute atomic E-state index is 12.7. The van der Waals surface area contributed by atoms with E-state index < -0.39 is 5.92 Å². The first kappa shape index (κ1) is 20.6. The fourth-order valence-corrected chi connectivity index (χ4v) is 3.58. The molecule has 0 aromatic heterocycles. The Bertz CT molecular complexity index is 908. The molecule has 0 radical (unpaired) electrons. The smallest absolute Gasteiger partial charge is 0.251 e. The highest BCUT2D eigenvalue weighted by Gasteiger charge is 2.36. The normalized spacial score (nSPS) is 17.1. The SMILES string of the molecule is CC[C@H](C)c1ccccc1N1C[C@@H](C(=O)Nc2ccc(C(=O)NC)cc2)CC1=O. The highest BCUT2D eigenvalue weighted by atomic mass is 16.2. The van der Waals surface area contributed by atoms with Gasteiger partial charge >= 0.3 is 0 Å². The Kier molecular flexibility index (Phi) is 6.32. The van der Waals surface area contributed by atoms with Gasteiger partial charge < -0.3 is 15.5 Å². The van der Waals surface area contributed by atoms with Crippen molar-refractivity contribution in [3.05, 3.63) is 59.7 Å². The average Bonchev–Trinajstić information content (AvgIpc) is 3.14. The van der Waals surface area contributed by atoms with Crippen LogP contribution in [0.2, 0.25) is 0 Å². The van der Waals surface area contributed by atoms with Gasteiger partial charge in [-0.05, 0) is 48.2 Å². The highest BCUT2D eigenvalue weighted by molar-refractivity contribution is 6.04. The second kappa shape index (κ2) is 8.90. The lowest BCUT2D eigenvalue weighted by molar-refractivity contribution is -0.122. The van der Waals surface area contributed by atoms with Gasteiger partial charge in [-0.2, -0.15) is 0 Å². The van der Waals surface area contributed by atoms with Crippen molar-refractivity contribution in [2.75, 3.05) is 23.8 Å². The summed E-state index contributed by atoms with van der Waals surface area (Å²) in [5.74, 6) is -0.470. The monoisotopic (exact) mass is 393 g/mol. The molecule has 1 aliphatic rings. The zero-order valence-corrected chi connectivity index (χ0v) is 17.1. The number of nitrogens with one attached hydrogen (secondary N) is 2. The average molecular weight is 393 g/mol. The summed E-state index contributed by atoms with van der Waals surface area (Å²) in [6.07, 6.45) is 1.17. The van der Waals surface area contributed by atoms with Crippen molar-refractivity contribution in [1.29, 1.82) is 0 Å². The quantitative estimate of drug-likeness (QED) is 0.788. The molecule has 3 amide bonds. The lowest BCUT2D eigenvalue weighted by Crippen LogP contribution is -2.29. The van der Waals surface area contributed by atoms with Crippen LogP contribution in [0.15, 0.2) is 48.5 Å². The van der Waals surface area contributed by atoms with E-state index in [0.29, 0.717) is 23.7 Å². The number of para-hydroxylation sites is 1. The predicted octanol–water partition coefficient (Wildman–Crippen LogP) is 3.55. The molecule has 2 aromatic rings. The third kappa shape index (κ3) is 4.47. The first-order valence-corrected chi connectivity index (χ1v) is 9.96. The van der Waals surface area contributed by atoms with Crippen molar-refractivity contribution >= 4 is 29.1 Å². The molecule has 0 bridgehead atoms. The van der Waals surface area contributed by atoms with E-state index in [1.54, 1.807) is 36.2 Å². The van der Waals surface area contributed by atoms with E-state index in [4.69, 9.17) is 0 Å². The van der Waals surface area contributed by atoms with Crippen LogP contribution in [-0.4, -0.2) is 31.3 Å². The van der Waals surface area contributed by atoms with E-state index >= 15 is 0 Å². The summed E-state index contributed by atoms with van der Waals surface area (Å²) in [5, 5.41) is 5.42. The van der Waals surface area contributed by atoms with Crippen molar-refractivity contribution in [1.82, 2.24) is 5.32 Å². The molecule has 0 spiro atoms. The minimum Gasteiger partial charge on any atom is -0.355 e. The third-order valence-corrected chi connectivity index (χ3v) is 5.51. The minimum atomic E-state index is -0.411. The highest BCUT2D eigenvalue weighted by Crippen LogP contribution is 2.33. The van der Waals surface area contributed by atoms with Crippen LogP contribution < -0.4 is 15.5 Å². The summed E-state index contributed by atoms with van der Waals surface area (Å²) >= 11 is 0. The van der Waals surface area contributed by atoms with Crippen molar-refractivity contribution in [2.24, 2.45) is 5.92 Å². The van der Waals surface area contributed by atoms with Gasteiger partial charge in [-0.3, -0.25) is 14.4 Å². The largest absolute Gasteiger partial charge is 0.355 e. The van der Waals surface area contributed by atoms with Crippen LogP contribution in [0.25, 0.3) is 0 Å². The molecule has 2 aromatic carbocycles. The molecule has 6 heteroatoms. The summed E-state index contributed by atoms with van der Waals surface area (Å²) in [7, 11) is 1.57. The number of carbonyl (C=O) groups excluding carboxylic acids is 3. The number of carbonyl (C=O) groups is 3. The number of hydrogen-bond acceptors (Lipinski definition) is 3. The number of anilines is 2. The van der Waals surface area contributed by atoms with Crippen LogP contribution >= 0.6 is 0 Å². The van der Waals surface area contributed by atoms with Gasteiger partial charge in [-0.25, -0.2) is 0 Å². The molecule has 29 heavy (non-hydrogen) atoms. The Balaban J connectivity index is 1.70. The number of amides is 3. The summed E-state index contributed by atoms with van der Waals surface area (Å²) in [5.41, 5.74) is 3.16. The van der Waals surface area contributed by atoms with Crippen molar-refractivity contribution in [3.8, 4) is 0 Å². The van der Waals surface area contributed by atoms with Gasteiger partial charge in [-0.1, -0.05) is 32.0 Å². The lowest BCUT2D eigenvalue weighted by Gasteiger charge is -2.23. The molecule has 6 nitrogen and oxygen atoms in total. The van der Waals surface area contributed by atoms with Gasteiger partial charge in [0.2, 0.25) is 11.8 Å². The maximum atomic E-state index is 12.7. The van der Waals surface area contributed by atoms with Crippen LogP contribution in [0.1, 0.15) is 48.5 Å². The molecule has 0 aliphatic carbocycles. The molecule has 1 aliphatic heterocycles. The molecule has 2 atom stereocenters. The van der Waals surface area contributed by atoms with Gasteiger partial charge in [0.1, 0.15) is 0 Å². The Morgan fingerprint density at radius 2 is 1.83 bits per heavy atom. The van der Waals surface area contributed by atoms with Crippen LogP contribution in [0.4, 0.5) is 11.4 Å². The number of rotatable bonds is 6. The topological polar surface area (TPSA) is 78.5 Å². The van der Waals surface area contributed by atoms with Gasteiger partial charge in [-0.15, -0.1) is 0 Å². The molecule has 1 heterocycles. The molecule has 2 N–H and O–H groups in total. The Hall–Kier alpha value is -3.15. The van der Waals surface area contributed by atoms with E-state index in [1.165, 1.54) is 0 Å². The second-order valence-corrected chi connectivity index (χ2v) is 7.42. The van der Waals surface area contributed by atoms with Crippen molar-refractivity contribution in [2.45, 2.75) is 32.6 Å². The molecule has 3 rings (SSSR count). The van der Waals surface area contributed by atoms with Gasteiger partial charge in [0.05, 0.1) is 5.92 Å². The predicted molar refractivity (Wildman–Crippen MR) is 114 cm³/mol. The Morgan fingerprint density at radius 3 is 2.48 bits per heavy atom. The molecular weight excluding hydrogens is 366 g/mol. The molecule has 0 unspecified atom stereocenters. The maximum Gasteiger partial charge on any atom is 0.251 e. The fraction of sp³-hybridized carbons (Fsp3) is 0.348. The van der Waals surface area contributed by atoms with E-state index in [-0.39, 0.29) is 24.1 Å². The summed E-state index contributed by atoms with van der Waals surface area (Å²) in [6, 6.07) is 14.6. The first-order valence-electron chi connectivity index (χ1n) is 9.96. The lowest BCUT2D eigenvalue weighted by atomic mass is 9.96. The van der Waals surface area contributed by atoms with E-state index in [0.717, 1.165) is 17.7 Å². The van der Waals surface area contributed by atoms with Gasteiger partial charge in [0, 0.05) is 37.0 Å². The number of hydrogen-bond donors (Lipinski definition) is 2. The minimum absolute atomic E-state index is 0.0316. The van der Waals surface area contributed by atoms with Crippen molar-refractivity contribution in [3.63, 3.8) is 0 Å². The van der Waals surface area contributed by atoms with E-state index in [1.807, 2.05) is 18.2 Å². The summed E-state index contributed by atoms with van der Waals surface area (Å²) in [4.78, 5) is 38.7. The number of benzene rings is 2. The van der Waals surface area contributed by atoms with Crippen LogP contribution in [-0.2, 0) is 9.59 Å². The summed E-state index contributed by atoms with van der Waals surface area (Å²) < 4.78 is 0. The number of nitrogens with zero attached hydrogens (tertiary/aromatic N) is 1. The first-order chi connectivity index (χ1) is 13.9. The third-order valence-electron chi connectivity index (χ3n) is 5.51. The van der Waals surface area contributed by atoms with Gasteiger partial charge in [0.15, 0.2) is 0 Å². The molecule has 0 saturated carbocycles. The zero-order chi connectivity index (χ0) is 21.0. The molecule has 152 valence electrons. The van der Waals surface area contributed by atoms with Crippen molar-refractivity contribution < 1.29 is 14.4 Å². The standard InChI is InChI=1S/C23H27N3O3/c1-4-15(2)19-7-5-6-8-20(19)26-14-17(13-21(26)27)23(29)25-18-11-9-16(10-12-18)22(28)24-3/h5-12,15,17H,4,13-14H2,1-3H3,(H,24,28)(H,25,29)/t15-,17-/m0/s1. The van der Waals surface area contributed by atoms with Crippen LogP contribution in [0, 0.1) is 5.92 Å². The fourth-order valence-electron chi connectivity index (χ4n) is 3.58. The molecule has 1 saturated heterocycles.